The van der Waals surface area contributed by atoms with Gasteiger partial charge in [-0.05, 0) is 37.3 Å². The molecule has 0 saturated heterocycles. The Morgan fingerprint density at radius 2 is 1.86 bits per heavy atom. The van der Waals surface area contributed by atoms with Crippen molar-refractivity contribution in [2.75, 3.05) is 0 Å². The van der Waals surface area contributed by atoms with Crippen LogP contribution < -0.4 is 0 Å². The third kappa shape index (κ3) is 2.37. The Balaban J connectivity index is 2.35. The summed E-state index contributed by atoms with van der Waals surface area (Å²) in [7, 11) is 0. The van der Waals surface area contributed by atoms with Crippen molar-refractivity contribution in [1.82, 2.24) is 9.55 Å². The predicted octanol–water partition coefficient (Wildman–Crippen LogP) is 4.34. The number of aromatic carboxylic acids is 1. The van der Waals surface area contributed by atoms with Crippen LogP contribution in [0.1, 0.15) is 16.2 Å². The summed E-state index contributed by atoms with van der Waals surface area (Å²) in [6, 6.07) is 10.2. The van der Waals surface area contributed by atoms with Crippen LogP contribution in [-0.4, -0.2) is 20.6 Å². The Kier molecular flexibility index (Phi) is 3.35. The van der Waals surface area contributed by atoms with E-state index in [0.717, 1.165) is 5.69 Å². The first-order valence-corrected chi connectivity index (χ1v) is 6.91. The lowest BCUT2D eigenvalue weighted by Crippen LogP contribution is -1.98. The fraction of sp³-hybridized carbons (Fsp3) is 0.0667. The summed E-state index contributed by atoms with van der Waals surface area (Å²) in [5.74, 6) is -0.341. The quantitative estimate of drug-likeness (QED) is 0.764. The molecule has 3 rings (SSSR count). The molecule has 3 aromatic rings. The van der Waals surface area contributed by atoms with Gasteiger partial charge in [0.05, 0.1) is 16.8 Å². The van der Waals surface area contributed by atoms with E-state index < -0.39 is 5.97 Å². The number of aryl methyl sites for hydroxylation is 1. The molecule has 1 aromatic heterocycles. The molecule has 0 bridgehead atoms. The number of carbonyl (C=O) groups is 1. The highest BCUT2D eigenvalue weighted by Crippen LogP contribution is 2.27. The lowest BCUT2D eigenvalue weighted by atomic mass is 10.2. The van der Waals surface area contributed by atoms with Crippen LogP contribution in [0, 0.1) is 6.92 Å². The van der Waals surface area contributed by atoms with Crippen molar-refractivity contribution in [2.24, 2.45) is 0 Å². The van der Waals surface area contributed by atoms with Crippen LogP contribution >= 0.6 is 23.2 Å². The van der Waals surface area contributed by atoms with Crippen LogP contribution in [0.2, 0.25) is 10.0 Å². The monoisotopic (exact) mass is 320 g/mol. The molecular formula is C15H10Cl2N2O2. The summed E-state index contributed by atoms with van der Waals surface area (Å²) in [6.45, 7) is 1.81. The summed E-state index contributed by atoms with van der Waals surface area (Å²) < 4.78 is 1.83. The molecule has 0 spiro atoms. The molecule has 0 aliphatic rings. The maximum Gasteiger partial charge on any atom is 0.337 e. The number of nitrogens with zero attached hydrogens (tertiary/aromatic N) is 2. The standard InChI is InChI=1S/C15H10Cl2N2O2/c1-8-18-14-12(15(20)21)3-2-4-13(14)19(8)11-6-9(16)5-10(17)7-11/h2-7H,1H3,(H,20,21). The van der Waals surface area contributed by atoms with E-state index in [-0.39, 0.29) is 5.56 Å². The van der Waals surface area contributed by atoms with Gasteiger partial charge in [-0.3, -0.25) is 4.57 Å². The normalized spacial score (nSPS) is 11.0. The van der Waals surface area contributed by atoms with Crippen molar-refractivity contribution in [1.29, 1.82) is 0 Å². The number of carboxylic acid groups (broad SMARTS) is 1. The number of para-hydroxylation sites is 1. The molecule has 2 aromatic carbocycles. The predicted molar refractivity (Wildman–Crippen MR) is 82.8 cm³/mol. The second kappa shape index (κ2) is 5.06. The van der Waals surface area contributed by atoms with Gasteiger partial charge in [-0.15, -0.1) is 0 Å². The first kappa shape index (κ1) is 13.9. The van der Waals surface area contributed by atoms with Gasteiger partial charge in [-0.1, -0.05) is 29.3 Å². The topological polar surface area (TPSA) is 55.1 Å². The minimum atomic E-state index is -1.01. The van der Waals surface area contributed by atoms with Gasteiger partial charge in [0.25, 0.3) is 0 Å². The fourth-order valence-electron chi connectivity index (χ4n) is 2.38. The third-order valence-electron chi connectivity index (χ3n) is 3.19. The van der Waals surface area contributed by atoms with Gasteiger partial charge in [-0.2, -0.15) is 0 Å². The zero-order chi connectivity index (χ0) is 15.1. The molecule has 0 aliphatic carbocycles. The summed E-state index contributed by atoms with van der Waals surface area (Å²) in [4.78, 5) is 15.7. The molecule has 0 amide bonds. The van der Waals surface area contributed by atoms with E-state index in [1.807, 2.05) is 10.6 Å². The molecule has 0 atom stereocenters. The number of halogens is 2. The molecule has 4 nitrogen and oxygen atoms in total. The summed E-state index contributed by atoms with van der Waals surface area (Å²) in [5, 5.41) is 10.3. The highest BCUT2D eigenvalue weighted by molar-refractivity contribution is 6.34. The van der Waals surface area contributed by atoms with Gasteiger partial charge in [0, 0.05) is 10.0 Å². The smallest absolute Gasteiger partial charge is 0.337 e. The van der Waals surface area contributed by atoms with E-state index in [1.165, 1.54) is 6.07 Å². The van der Waals surface area contributed by atoms with E-state index in [4.69, 9.17) is 23.2 Å². The number of fused-ring (bicyclic) bond motifs is 1. The first-order valence-electron chi connectivity index (χ1n) is 6.15. The number of aromatic nitrogens is 2. The van der Waals surface area contributed by atoms with Crippen molar-refractivity contribution >= 4 is 40.2 Å². The summed E-state index contributed by atoms with van der Waals surface area (Å²) in [5.41, 5.74) is 2.06. The van der Waals surface area contributed by atoms with Crippen LogP contribution in [0.3, 0.4) is 0 Å². The molecule has 0 radical (unpaired) electrons. The zero-order valence-electron chi connectivity index (χ0n) is 11.0. The molecule has 106 valence electrons. The molecule has 0 unspecified atom stereocenters. The molecule has 0 fully saturated rings. The molecule has 1 heterocycles. The van der Waals surface area contributed by atoms with E-state index in [2.05, 4.69) is 4.98 Å². The van der Waals surface area contributed by atoms with Gasteiger partial charge in [0.15, 0.2) is 0 Å². The van der Waals surface area contributed by atoms with Gasteiger partial charge < -0.3 is 5.11 Å². The largest absolute Gasteiger partial charge is 0.478 e. The number of rotatable bonds is 2. The molecule has 0 aliphatic heterocycles. The van der Waals surface area contributed by atoms with E-state index in [0.29, 0.717) is 26.9 Å². The Morgan fingerprint density at radius 3 is 2.48 bits per heavy atom. The molecule has 21 heavy (non-hydrogen) atoms. The number of imidazole rings is 1. The number of hydrogen-bond donors (Lipinski definition) is 1. The lowest BCUT2D eigenvalue weighted by Gasteiger charge is -2.08. The van der Waals surface area contributed by atoms with Gasteiger partial charge in [0.1, 0.15) is 11.3 Å². The second-order valence-corrected chi connectivity index (χ2v) is 5.47. The summed E-state index contributed by atoms with van der Waals surface area (Å²) in [6.07, 6.45) is 0. The second-order valence-electron chi connectivity index (χ2n) is 4.60. The minimum absolute atomic E-state index is 0.169. The van der Waals surface area contributed by atoms with Crippen LogP contribution in [0.25, 0.3) is 16.7 Å². The van der Waals surface area contributed by atoms with Crippen molar-refractivity contribution in [3.05, 3.63) is 57.8 Å². The average molecular weight is 321 g/mol. The maximum atomic E-state index is 11.3. The molecule has 1 N–H and O–H groups in total. The Hall–Kier alpha value is -2.04. The number of carboxylic acids is 1. The molecular weight excluding hydrogens is 311 g/mol. The highest BCUT2D eigenvalue weighted by atomic mass is 35.5. The molecule has 0 saturated carbocycles. The maximum absolute atomic E-state index is 11.3. The van der Waals surface area contributed by atoms with Crippen LogP contribution in [0.4, 0.5) is 0 Å². The van der Waals surface area contributed by atoms with E-state index in [9.17, 15) is 9.90 Å². The minimum Gasteiger partial charge on any atom is -0.478 e. The van der Waals surface area contributed by atoms with E-state index >= 15 is 0 Å². The van der Waals surface area contributed by atoms with Crippen molar-refractivity contribution < 1.29 is 9.90 Å². The van der Waals surface area contributed by atoms with E-state index in [1.54, 1.807) is 31.2 Å². The van der Waals surface area contributed by atoms with Gasteiger partial charge >= 0.3 is 5.97 Å². The van der Waals surface area contributed by atoms with Crippen LogP contribution in [0.5, 0.6) is 0 Å². The van der Waals surface area contributed by atoms with Gasteiger partial charge in [0.2, 0.25) is 0 Å². The highest BCUT2D eigenvalue weighted by Gasteiger charge is 2.16. The third-order valence-corrected chi connectivity index (χ3v) is 3.63. The number of benzene rings is 2. The fourth-order valence-corrected chi connectivity index (χ4v) is 2.90. The first-order chi connectivity index (χ1) is 9.97. The SMILES string of the molecule is Cc1nc2c(C(=O)O)cccc2n1-c1cc(Cl)cc(Cl)c1. The van der Waals surface area contributed by atoms with Gasteiger partial charge in [-0.25, -0.2) is 9.78 Å². The molecule has 6 heteroatoms. The Bertz CT molecular complexity index is 851. The Morgan fingerprint density at radius 1 is 1.19 bits per heavy atom. The summed E-state index contributed by atoms with van der Waals surface area (Å²) >= 11 is 12.1. The van der Waals surface area contributed by atoms with Crippen LogP contribution in [0.15, 0.2) is 36.4 Å². The zero-order valence-corrected chi connectivity index (χ0v) is 12.5. The Labute approximate surface area is 130 Å². The van der Waals surface area contributed by atoms with Crippen molar-refractivity contribution in [3.8, 4) is 5.69 Å². The van der Waals surface area contributed by atoms with Crippen LogP contribution in [-0.2, 0) is 0 Å². The number of hydrogen-bond acceptors (Lipinski definition) is 2. The van der Waals surface area contributed by atoms with Crippen molar-refractivity contribution in [2.45, 2.75) is 6.92 Å². The lowest BCUT2D eigenvalue weighted by molar-refractivity contribution is 0.0699. The van der Waals surface area contributed by atoms with Crippen molar-refractivity contribution in [3.63, 3.8) is 0 Å². The average Bonchev–Trinajstić information content (AvgIpc) is 2.72.